The molecule has 0 radical (unpaired) electrons. The van der Waals surface area contributed by atoms with E-state index >= 15 is 0 Å². The normalized spacial score (nSPS) is 19.6. The average molecular weight is 354 g/mol. The topological polar surface area (TPSA) is 46.5 Å². The van der Waals surface area contributed by atoms with Crippen molar-refractivity contribution < 1.29 is 14.6 Å². The summed E-state index contributed by atoms with van der Waals surface area (Å²) in [5.74, 6) is 0.362. The number of aromatic hydroxyl groups is 1. The van der Waals surface area contributed by atoms with Crippen LogP contribution in [0.25, 0.3) is 6.08 Å². The molecule has 1 aliphatic rings. The zero-order valence-corrected chi connectivity index (χ0v) is 16.3. The smallest absolute Gasteiger partial charge is 0.331 e. The molecule has 0 saturated heterocycles. The Hall–Kier alpha value is -2.29. The molecule has 140 valence electrons. The van der Waals surface area contributed by atoms with Crippen molar-refractivity contribution in [1.29, 1.82) is 0 Å². The first kappa shape index (κ1) is 20.0. The van der Waals surface area contributed by atoms with Crippen LogP contribution in [0.2, 0.25) is 0 Å². The predicted octanol–water partition coefficient (Wildman–Crippen LogP) is 5.67. The highest BCUT2D eigenvalue weighted by Gasteiger charge is 2.33. The lowest BCUT2D eigenvalue weighted by atomic mass is 9.76. The van der Waals surface area contributed by atoms with Crippen LogP contribution < -0.4 is 0 Å². The molecule has 3 heteroatoms. The number of ether oxygens (including phenoxy) is 1. The largest absolute Gasteiger partial charge is 0.507 e. The quantitative estimate of drug-likeness (QED) is 0.390. The number of carbonyl (C=O) groups is 1. The second-order valence-electron chi connectivity index (χ2n) is 7.49. The molecule has 0 fully saturated rings. The van der Waals surface area contributed by atoms with Gasteiger partial charge in [0.15, 0.2) is 0 Å². The lowest BCUT2D eigenvalue weighted by Crippen LogP contribution is -2.20. The van der Waals surface area contributed by atoms with Crippen molar-refractivity contribution in [3.8, 4) is 5.75 Å². The Morgan fingerprint density at radius 1 is 1.35 bits per heavy atom. The van der Waals surface area contributed by atoms with E-state index in [0.717, 1.165) is 24.8 Å². The van der Waals surface area contributed by atoms with Gasteiger partial charge in [0.2, 0.25) is 0 Å². The van der Waals surface area contributed by atoms with E-state index in [1.165, 1.54) is 11.6 Å². The van der Waals surface area contributed by atoms with E-state index in [1.807, 2.05) is 6.07 Å². The maximum absolute atomic E-state index is 11.9. The molecule has 0 bridgehead atoms. The standard InChI is InChI=1S/C23H30O3/c1-5-18(11-14-20-13-10-17(2)23(20,3)4)16-26-22(25)15-12-19-8-6-7-9-21(19)24/h6-12,15,20,24H,5,13-14,16H2,1-4H3/b15-12+,18-11+. The summed E-state index contributed by atoms with van der Waals surface area (Å²) >= 11 is 0. The highest BCUT2D eigenvalue weighted by molar-refractivity contribution is 5.87. The molecule has 1 aromatic rings. The van der Waals surface area contributed by atoms with E-state index < -0.39 is 5.97 Å². The predicted molar refractivity (Wildman–Crippen MR) is 107 cm³/mol. The molecule has 1 aliphatic carbocycles. The first-order chi connectivity index (χ1) is 12.3. The minimum Gasteiger partial charge on any atom is -0.507 e. The summed E-state index contributed by atoms with van der Waals surface area (Å²) in [5, 5.41) is 9.70. The Kier molecular flexibility index (Phi) is 6.84. The van der Waals surface area contributed by atoms with Crippen LogP contribution in [-0.4, -0.2) is 17.7 Å². The molecule has 0 aromatic heterocycles. The molecule has 2 rings (SSSR count). The van der Waals surface area contributed by atoms with Crippen LogP contribution in [0.4, 0.5) is 0 Å². The second kappa shape index (κ2) is 8.88. The van der Waals surface area contributed by atoms with Gasteiger partial charge in [0.05, 0.1) is 0 Å². The zero-order chi connectivity index (χ0) is 19.2. The number of esters is 1. The van der Waals surface area contributed by atoms with Crippen LogP contribution in [0.1, 0.15) is 52.5 Å². The molecular formula is C23H30O3. The number of phenols is 1. The van der Waals surface area contributed by atoms with Gasteiger partial charge < -0.3 is 9.84 Å². The first-order valence-corrected chi connectivity index (χ1v) is 9.32. The highest BCUT2D eigenvalue weighted by atomic mass is 16.5. The van der Waals surface area contributed by atoms with Crippen molar-refractivity contribution in [3.63, 3.8) is 0 Å². The molecule has 0 aliphatic heterocycles. The molecule has 0 amide bonds. The van der Waals surface area contributed by atoms with Crippen LogP contribution >= 0.6 is 0 Å². The minimum atomic E-state index is -0.397. The number of phenolic OH excluding ortho intramolecular Hbond substituents is 1. The van der Waals surface area contributed by atoms with E-state index in [0.29, 0.717) is 18.1 Å². The maximum atomic E-state index is 11.9. The SMILES string of the molecule is CC/C(=C\CC1CC=C(C)C1(C)C)COC(=O)/C=C/c1ccccc1O. The fourth-order valence-electron chi connectivity index (χ4n) is 3.20. The number of allylic oxidation sites excluding steroid dienone is 3. The fraction of sp³-hybridized carbons (Fsp3) is 0.435. The monoisotopic (exact) mass is 354 g/mol. The van der Waals surface area contributed by atoms with Gasteiger partial charge in [-0.2, -0.15) is 0 Å². The number of hydrogen-bond acceptors (Lipinski definition) is 3. The van der Waals surface area contributed by atoms with Crippen molar-refractivity contribution in [2.45, 2.75) is 47.0 Å². The van der Waals surface area contributed by atoms with E-state index in [1.54, 1.807) is 24.3 Å². The summed E-state index contributed by atoms with van der Waals surface area (Å²) in [4.78, 5) is 11.9. The van der Waals surface area contributed by atoms with Gasteiger partial charge in [-0.05, 0) is 55.2 Å². The van der Waals surface area contributed by atoms with Gasteiger partial charge in [-0.1, -0.05) is 56.7 Å². The Balaban J connectivity index is 1.86. The molecule has 26 heavy (non-hydrogen) atoms. The lowest BCUT2D eigenvalue weighted by Gasteiger charge is -2.29. The Morgan fingerprint density at radius 2 is 2.08 bits per heavy atom. The summed E-state index contributed by atoms with van der Waals surface area (Å²) in [6.07, 6.45) is 10.5. The van der Waals surface area contributed by atoms with Crippen LogP contribution in [0.15, 0.2) is 53.6 Å². The van der Waals surface area contributed by atoms with Crippen molar-refractivity contribution in [1.82, 2.24) is 0 Å². The number of rotatable bonds is 7. The van der Waals surface area contributed by atoms with Gasteiger partial charge >= 0.3 is 5.97 Å². The zero-order valence-electron chi connectivity index (χ0n) is 16.3. The summed E-state index contributed by atoms with van der Waals surface area (Å²) in [6.45, 7) is 9.23. The summed E-state index contributed by atoms with van der Waals surface area (Å²) in [7, 11) is 0. The van der Waals surface area contributed by atoms with Gasteiger partial charge in [-0.15, -0.1) is 0 Å². The Labute approximate surface area is 157 Å². The third-order valence-electron chi connectivity index (χ3n) is 5.63. The van der Waals surface area contributed by atoms with E-state index in [-0.39, 0.29) is 11.2 Å². The molecule has 1 atom stereocenters. The average Bonchev–Trinajstić information content (AvgIpc) is 2.87. The molecule has 1 aromatic carbocycles. The Bertz CT molecular complexity index is 723. The van der Waals surface area contributed by atoms with Crippen molar-refractivity contribution in [2.75, 3.05) is 6.61 Å². The van der Waals surface area contributed by atoms with E-state index in [4.69, 9.17) is 4.74 Å². The van der Waals surface area contributed by atoms with Crippen LogP contribution in [0, 0.1) is 11.3 Å². The van der Waals surface area contributed by atoms with Crippen molar-refractivity contribution in [3.05, 3.63) is 59.2 Å². The molecule has 3 nitrogen and oxygen atoms in total. The third kappa shape index (κ3) is 5.10. The molecular weight excluding hydrogens is 324 g/mol. The molecule has 0 heterocycles. The Morgan fingerprint density at radius 3 is 2.69 bits per heavy atom. The second-order valence-corrected chi connectivity index (χ2v) is 7.49. The van der Waals surface area contributed by atoms with E-state index in [9.17, 15) is 9.90 Å². The van der Waals surface area contributed by atoms with Gasteiger partial charge in [0.1, 0.15) is 12.4 Å². The third-order valence-corrected chi connectivity index (χ3v) is 5.63. The van der Waals surface area contributed by atoms with Crippen LogP contribution in [-0.2, 0) is 9.53 Å². The minimum absolute atomic E-state index is 0.147. The first-order valence-electron chi connectivity index (χ1n) is 9.32. The molecule has 1 unspecified atom stereocenters. The maximum Gasteiger partial charge on any atom is 0.331 e. The van der Waals surface area contributed by atoms with Crippen LogP contribution in [0.5, 0.6) is 5.75 Å². The highest BCUT2D eigenvalue weighted by Crippen LogP contribution is 2.44. The lowest BCUT2D eigenvalue weighted by molar-refractivity contribution is -0.136. The summed E-state index contributed by atoms with van der Waals surface area (Å²) in [5.41, 5.74) is 3.46. The van der Waals surface area contributed by atoms with Crippen molar-refractivity contribution in [2.24, 2.45) is 11.3 Å². The summed E-state index contributed by atoms with van der Waals surface area (Å²) in [6, 6.07) is 6.88. The van der Waals surface area contributed by atoms with Crippen molar-refractivity contribution >= 4 is 12.0 Å². The van der Waals surface area contributed by atoms with Gasteiger partial charge in [-0.3, -0.25) is 0 Å². The van der Waals surface area contributed by atoms with E-state index in [2.05, 4.69) is 39.8 Å². The van der Waals surface area contributed by atoms with Crippen LogP contribution in [0.3, 0.4) is 0 Å². The molecule has 0 saturated carbocycles. The van der Waals surface area contributed by atoms with Gasteiger partial charge in [-0.25, -0.2) is 4.79 Å². The number of hydrogen-bond donors (Lipinski definition) is 1. The number of carbonyl (C=O) groups excluding carboxylic acids is 1. The van der Waals surface area contributed by atoms with Gasteiger partial charge in [0, 0.05) is 11.6 Å². The number of benzene rings is 1. The molecule has 1 N–H and O–H groups in total. The van der Waals surface area contributed by atoms with Gasteiger partial charge in [0.25, 0.3) is 0 Å². The molecule has 0 spiro atoms. The summed E-state index contributed by atoms with van der Waals surface area (Å²) < 4.78 is 5.36. The fourth-order valence-corrected chi connectivity index (χ4v) is 3.20. The number of para-hydroxylation sites is 1.